The zero-order chi connectivity index (χ0) is 13.8. The number of nitrogens with one attached hydrogen (secondary N) is 1. The van der Waals surface area contributed by atoms with Crippen LogP contribution in [0.25, 0.3) is 0 Å². The summed E-state index contributed by atoms with van der Waals surface area (Å²) in [7, 11) is 4.12. The van der Waals surface area contributed by atoms with E-state index in [0.29, 0.717) is 0 Å². The van der Waals surface area contributed by atoms with Gasteiger partial charge in [-0.15, -0.1) is 0 Å². The van der Waals surface area contributed by atoms with Crippen molar-refractivity contribution in [3.63, 3.8) is 0 Å². The van der Waals surface area contributed by atoms with Crippen LogP contribution < -0.4 is 10.2 Å². The summed E-state index contributed by atoms with van der Waals surface area (Å²) in [4.78, 5) is 2.12. The fourth-order valence-electron chi connectivity index (χ4n) is 2.04. The third-order valence-electron chi connectivity index (χ3n) is 3.17. The summed E-state index contributed by atoms with van der Waals surface area (Å²) in [6.07, 6.45) is 0. The van der Waals surface area contributed by atoms with Crippen molar-refractivity contribution in [1.82, 2.24) is 0 Å². The van der Waals surface area contributed by atoms with Crippen molar-refractivity contribution in [2.24, 2.45) is 0 Å². The van der Waals surface area contributed by atoms with E-state index in [0.717, 1.165) is 16.7 Å². The van der Waals surface area contributed by atoms with Crippen molar-refractivity contribution in [1.29, 1.82) is 0 Å². The number of halogens is 1. The minimum absolute atomic E-state index is 0.837. The van der Waals surface area contributed by atoms with Gasteiger partial charge in [0.15, 0.2) is 0 Å². The van der Waals surface area contributed by atoms with Crippen LogP contribution in [0.4, 0.5) is 11.4 Å². The van der Waals surface area contributed by atoms with Gasteiger partial charge in [-0.3, -0.25) is 0 Å². The van der Waals surface area contributed by atoms with Crippen LogP contribution in [0.15, 0.2) is 46.9 Å². The molecule has 0 aliphatic heterocycles. The molecular formula is C16H19BrN2. The molecule has 0 atom stereocenters. The van der Waals surface area contributed by atoms with Gasteiger partial charge >= 0.3 is 0 Å². The van der Waals surface area contributed by atoms with Crippen LogP contribution in [0.5, 0.6) is 0 Å². The summed E-state index contributed by atoms with van der Waals surface area (Å²) < 4.78 is 1.09. The Morgan fingerprint density at radius 3 is 2.53 bits per heavy atom. The van der Waals surface area contributed by atoms with E-state index in [1.165, 1.54) is 16.8 Å². The highest BCUT2D eigenvalue weighted by Gasteiger charge is 2.05. The first kappa shape index (κ1) is 13.9. The van der Waals surface area contributed by atoms with E-state index in [1.807, 2.05) is 0 Å². The van der Waals surface area contributed by atoms with Crippen LogP contribution in [0.3, 0.4) is 0 Å². The standard InChI is InChI=1S/C16H19BrN2/c1-12-6-4-5-7-13(12)11-18-15-10-14(17)8-9-16(15)19(2)3/h4-10,18H,11H2,1-3H3. The van der Waals surface area contributed by atoms with Crippen LogP contribution in [0, 0.1) is 6.92 Å². The topological polar surface area (TPSA) is 15.3 Å². The average molecular weight is 319 g/mol. The summed E-state index contributed by atoms with van der Waals surface area (Å²) in [6.45, 7) is 2.98. The molecular weight excluding hydrogens is 300 g/mol. The molecule has 0 saturated heterocycles. The Bertz CT molecular complexity index is 564. The zero-order valence-electron chi connectivity index (χ0n) is 11.6. The van der Waals surface area contributed by atoms with Crippen LogP contribution >= 0.6 is 15.9 Å². The van der Waals surface area contributed by atoms with Crippen molar-refractivity contribution in [3.05, 3.63) is 58.1 Å². The molecule has 2 aromatic rings. The van der Waals surface area contributed by atoms with Crippen molar-refractivity contribution in [2.75, 3.05) is 24.3 Å². The predicted octanol–water partition coefficient (Wildman–Crippen LogP) is 4.44. The summed E-state index contributed by atoms with van der Waals surface area (Å²) >= 11 is 3.53. The van der Waals surface area contributed by atoms with Crippen LogP contribution in [-0.4, -0.2) is 14.1 Å². The Labute approximate surface area is 123 Å². The molecule has 3 heteroatoms. The second-order valence-corrected chi connectivity index (χ2v) is 5.75. The lowest BCUT2D eigenvalue weighted by Crippen LogP contribution is -2.12. The van der Waals surface area contributed by atoms with Gasteiger partial charge < -0.3 is 10.2 Å². The monoisotopic (exact) mass is 318 g/mol. The third kappa shape index (κ3) is 3.51. The normalized spacial score (nSPS) is 10.3. The molecule has 0 aromatic heterocycles. The lowest BCUT2D eigenvalue weighted by atomic mass is 10.1. The van der Waals surface area contributed by atoms with E-state index in [1.54, 1.807) is 0 Å². The van der Waals surface area contributed by atoms with Gasteiger partial charge in [0.25, 0.3) is 0 Å². The first-order valence-corrected chi connectivity index (χ1v) is 7.12. The molecule has 2 aromatic carbocycles. The Morgan fingerprint density at radius 2 is 1.84 bits per heavy atom. The molecule has 2 nitrogen and oxygen atoms in total. The van der Waals surface area contributed by atoms with Crippen LogP contribution in [0.1, 0.15) is 11.1 Å². The Hall–Kier alpha value is -1.48. The quantitative estimate of drug-likeness (QED) is 0.896. The van der Waals surface area contributed by atoms with Gasteiger partial charge in [-0.1, -0.05) is 40.2 Å². The van der Waals surface area contributed by atoms with Crippen LogP contribution in [-0.2, 0) is 6.54 Å². The zero-order valence-corrected chi connectivity index (χ0v) is 13.2. The molecule has 0 radical (unpaired) electrons. The van der Waals surface area contributed by atoms with Crippen molar-refractivity contribution in [3.8, 4) is 0 Å². The van der Waals surface area contributed by atoms with E-state index >= 15 is 0 Å². The van der Waals surface area contributed by atoms with Gasteiger partial charge in [0.05, 0.1) is 11.4 Å². The van der Waals surface area contributed by atoms with Gasteiger partial charge in [0.2, 0.25) is 0 Å². The van der Waals surface area contributed by atoms with E-state index in [2.05, 4.69) is 89.6 Å². The molecule has 2 rings (SSSR count). The largest absolute Gasteiger partial charge is 0.379 e. The third-order valence-corrected chi connectivity index (χ3v) is 3.66. The second kappa shape index (κ2) is 6.11. The number of benzene rings is 2. The number of rotatable bonds is 4. The minimum atomic E-state index is 0.837. The molecule has 1 N–H and O–H groups in total. The molecule has 0 aliphatic carbocycles. The van der Waals surface area contributed by atoms with E-state index in [-0.39, 0.29) is 0 Å². The molecule has 100 valence electrons. The summed E-state index contributed by atoms with van der Waals surface area (Å²) in [5.41, 5.74) is 4.97. The Morgan fingerprint density at radius 1 is 1.11 bits per heavy atom. The molecule has 0 unspecified atom stereocenters. The Kier molecular flexibility index (Phi) is 4.48. The summed E-state index contributed by atoms with van der Waals surface area (Å²) in [6, 6.07) is 14.8. The van der Waals surface area contributed by atoms with E-state index in [9.17, 15) is 0 Å². The van der Waals surface area contributed by atoms with E-state index in [4.69, 9.17) is 0 Å². The molecule has 0 amide bonds. The van der Waals surface area contributed by atoms with Crippen molar-refractivity contribution < 1.29 is 0 Å². The van der Waals surface area contributed by atoms with Gasteiger partial charge in [-0.2, -0.15) is 0 Å². The molecule has 0 fully saturated rings. The fraction of sp³-hybridized carbons (Fsp3) is 0.250. The van der Waals surface area contributed by atoms with Crippen LogP contribution in [0.2, 0.25) is 0 Å². The number of nitrogens with zero attached hydrogens (tertiary/aromatic N) is 1. The lowest BCUT2D eigenvalue weighted by molar-refractivity contribution is 1.09. The number of hydrogen-bond acceptors (Lipinski definition) is 2. The Balaban J connectivity index is 2.19. The molecule has 0 saturated carbocycles. The molecule has 0 heterocycles. The highest BCUT2D eigenvalue weighted by Crippen LogP contribution is 2.28. The van der Waals surface area contributed by atoms with Gasteiger partial charge in [0, 0.05) is 25.1 Å². The SMILES string of the molecule is Cc1ccccc1CNc1cc(Br)ccc1N(C)C. The first-order valence-electron chi connectivity index (χ1n) is 6.33. The average Bonchev–Trinajstić information content (AvgIpc) is 2.37. The smallest absolute Gasteiger partial charge is 0.0597 e. The lowest BCUT2D eigenvalue weighted by Gasteiger charge is -2.19. The second-order valence-electron chi connectivity index (χ2n) is 4.84. The predicted molar refractivity (Wildman–Crippen MR) is 87.0 cm³/mol. The first-order chi connectivity index (χ1) is 9.08. The highest BCUT2D eigenvalue weighted by atomic mass is 79.9. The maximum atomic E-state index is 3.53. The number of anilines is 2. The maximum absolute atomic E-state index is 3.53. The molecule has 0 aliphatic rings. The summed E-state index contributed by atoms with van der Waals surface area (Å²) in [5, 5.41) is 3.52. The molecule has 0 bridgehead atoms. The van der Waals surface area contributed by atoms with E-state index < -0.39 is 0 Å². The number of hydrogen-bond donors (Lipinski definition) is 1. The highest BCUT2D eigenvalue weighted by molar-refractivity contribution is 9.10. The summed E-state index contributed by atoms with van der Waals surface area (Å²) in [5.74, 6) is 0. The van der Waals surface area contributed by atoms with Gasteiger partial charge in [-0.05, 0) is 36.2 Å². The number of aryl methyl sites for hydroxylation is 1. The maximum Gasteiger partial charge on any atom is 0.0597 e. The minimum Gasteiger partial charge on any atom is -0.379 e. The van der Waals surface area contributed by atoms with Crippen molar-refractivity contribution in [2.45, 2.75) is 13.5 Å². The van der Waals surface area contributed by atoms with Crippen molar-refractivity contribution >= 4 is 27.3 Å². The van der Waals surface area contributed by atoms with Gasteiger partial charge in [-0.25, -0.2) is 0 Å². The van der Waals surface area contributed by atoms with Gasteiger partial charge in [0.1, 0.15) is 0 Å². The fourth-order valence-corrected chi connectivity index (χ4v) is 2.40. The molecule has 0 spiro atoms. The molecule has 19 heavy (non-hydrogen) atoms.